The number of carbonyl (C=O) groups is 1. The summed E-state index contributed by atoms with van der Waals surface area (Å²) < 4.78 is 17.5. The van der Waals surface area contributed by atoms with Gasteiger partial charge >= 0.3 is 0 Å². The second-order valence-corrected chi connectivity index (χ2v) is 9.45. The standard InChI is InChI=1S/C25H27N3O3S/c1-18-10-12-20(13-11-18)21-15-23(24-9-6-14-31-24)28(27-21)25(29)16-26-22(17-32(2)30)19-7-4-3-5-8-19/h3-14,22-23,26H,15-17H2,1-2H3. The number of hydrazone groups is 1. The number of furan rings is 1. The number of hydrogen-bond acceptors (Lipinski definition) is 5. The van der Waals surface area contributed by atoms with E-state index in [4.69, 9.17) is 4.42 Å². The maximum Gasteiger partial charge on any atom is 0.257 e. The lowest BCUT2D eigenvalue weighted by Gasteiger charge is -2.23. The van der Waals surface area contributed by atoms with Gasteiger partial charge in [-0.2, -0.15) is 5.10 Å². The van der Waals surface area contributed by atoms with Gasteiger partial charge < -0.3 is 9.73 Å². The van der Waals surface area contributed by atoms with Crippen molar-refractivity contribution >= 4 is 22.4 Å². The number of rotatable bonds is 8. The molecule has 0 bridgehead atoms. The van der Waals surface area contributed by atoms with Crippen LogP contribution in [0.5, 0.6) is 0 Å². The molecule has 1 N–H and O–H groups in total. The number of aryl methyl sites for hydroxylation is 1. The summed E-state index contributed by atoms with van der Waals surface area (Å²) in [5, 5.41) is 9.49. The lowest BCUT2D eigenvalue weighted by atomic mass is 10.0. The molecule has 3 unspecified atom stereocenters. The van der Waals surface area contributed by atoms with Crippen LogP contribution in [0.2, 0.25) is 0 Å². The first-order valence-electron chi connectivity index (χ1n) is 10.6. The monoisotopic (exact) mass is 449 g/mol. The van der Waals surface area contributed by atoms with Crippen LogP contribution >= 0.6 is 0 Å². The number of benzene rings is 2. The molecule has 0 radical (unpaired) electrons. The predicted molar refractivity (Wildman–Crippen MR) is 127 cm³/mol. The van der Waals surface area contributed by atoms with Crippen LogP contribution in [0.1, 0.15) is 41.0 Å². The highest BCUT2D eigenvalue weighted by Gasteiger charge is 2.34. The molecule has 0 saturated heterocycles. The Morgan fingerprint density at radius 2 is 1.91 bits per heavy atom. The van der Waals surface area contributed by atoms with Crippen molar-refractivity contribution in [2.75, 3.05) is 18.6 Å². The molecule has 4 rings (SSSR count). The van der Waals surface area contributed by atoms with Crippen LogP contribution in [0, 0.1) is 6.92 Å². The zero-order valence-corrected chi connectivity index (χ0v) is 19.0. The first kappa shape index (κ1) is 22.2. The van der Waals surface area contributed by atoms with Gasteiger partial charge in [-0.3, -0.25) is 9.00 Å². The van der Waals surface area contributed by atoms with E-state index in [1.54, 1.807) is 12.5 Å². The van der Waals surface area contributed by atoms with Crippen molar-refractivity contribution < 1.29 is 13.4 Å². The zero-order chi connectivity index (χ0) is 22.5. The van der Waals surface area contributed by atoms with Crippen LogP contribution in [-0.2, 0) is 15.6 Å². The Labute approximate surface area is 190 Å². The van der Waals surface area contributed by atoms with Gasteiger partial charge in [0.1, 0.15) is 11.8 Å². The van der Waals surface area contributed by atoms with Crippen LogP contribution in [0.3, 0.4) is 0 Å². The van der Waals surface area contributed by atoms with Crippen LogP contribution in [0.4, 0.5) is 0 Å². The Morgan fingerprint density at radius 3 is 2.56 bits per heavy atom. The fourth-order valence-corrected chi connectivity index (χ4v) is 4.63. The minimum atomic E-state index is -1.01. The van der Waals surface area contributed by atoms with E-state index in [0.29, 0.717) is 17.9 Å². The highest BCUT2D eigenvalue weighted by molar-refractivity contribution is 7.84. The van der Waals surface area contributed by atoms with E-state index in [2.05, 4.69) is 10.4 Å². The van der Waals surface area contributed by atoms with Crippen LogP contribution in [0.15, 0.2) is 82.5 Å². The third-order valence-electron chi connectivity index (χ3n) is 5.53. The Bertz CT molecular complexity index is 1100. The molecule has 166 valence electrons. The SMILES string of the molecule is Cc1ccc(C2=NN(C(=O)CNC(CS(C)=O)c3ccccc3)C(c3ccco3)C2)cc1. The van der Waals surface area contributed by atoms with E-state index in [1.807, 2.05) is 73.7 Å². The van der Waals surface area contributed by atoms with Crippen LogP contribution < -0.4 is 5.32 Å². The summed E-state index contributed by atoms with van der Waals surface area (Å²) >= 11 is 0. The van der Waals surface area contributed by atoms with Gasteiger partial charge in [0.05, 0.1) is 18.5 Å². The van der Waals surface area contributed by atoms with Gasteiger partial charge in [0.2, 0.25) is 0 Å². The molecule has 7 heteroatoms. The third kappa shape index (κ3) is 5.23. The number of carbonyl (C=O) groups excluding carboxylic acids is 1. The Morgan fingerprint density at radius 1 is 1.16 bits per heavy atom. The molecule has 2 heterocycles. The summed E-state index contributed by atoms with van der Waals surface area (Å²) in [5.74, 6) is 0.978. The van der Waals surface area contributed by atoms with Crippen molar-refractivity contribution in [3.63, 3.8) is 0 Å². The lowest BCUT2D eigenvalue weighted by molar-refractivity contribution is -0.132. The van der Waals surface area contributed by atoms with E-state index in [1.165, 1.54) is 10.6 Å². The van der Waals surface area contributed by atoms with Crippen molar-refractivity contribution in [2.45, 2.75) is 25.4 Å². The fourth-order valence-electron chi connectivity index (χ4n) is 3.85. The summed E-state index contributed by atoms with van der Waals surface area (Å²) in [4.78, 5) is 13.2. The second kappa shape index (κ2) is 10.1. The van der Waals surface area contributed by atoms with Crippen molar-refractivity contribution in [1.29, 1.82) is 0 Å². The van der Waals surface area contributed by atoms with Gasteiger partial charge in [0.25, 0.3) is 5.91 Å². The topological polar surface area (TPSA) is 74.9 Å². The molecule has 1 aliphatic heterocycles. The molecule has 3 atom stereocenters. The number of nitrogens with one attached hydrogen (secondary N) is 1. The number of hydrogen-bond donors (Lipinski definition) is 1. The summed E-state index contributed by atoms with van der Waals surface area (Å²) in [6.07, 6.45) is 3.87. The van der Waals surface area contributed by atoms with E-state index < -0.39 is 10.8 Å². The van der Waals surface area contributed by atoms with E-state index in [9.17, 15) is 9.00 Å². The van der Waals surface area contributed by atoms with Gasteiger partial charge in [0.15, 0.2) is 0 Å². The average molecular weight is 450 g/mol. The largest absolute Gasteiger partial charge is 0.467 e. The molecule has 1 aliphatic rings. The molecule has 0 fully saturated rings. The van der Waals surface area contributed by atoms with E-state index in [-0.39, 0.29) is 24.5 Å². The van der Waals surface area contributed by atoms with Gasteiger partial charge in [-0.05, 0) is 30.2 Å². The fraction of sp³-hybridized carbons (Fsp3) is 0.280. The predicted octanol–water partition coefficient (Wildman–Crippen LogP) is 3.98. The van der Waals surface area contributed by atoms with Crippen LogP contribution in [0.25, 0.3) is 0 Å². The number of nitrogens with zero attached hydrogens (tertiary/aromatic N) is 2. The van der Waals surface area contributed by atoms with Crippen LogP contribution in [-0.4, -0.2) is 39.4 Å². The van der Waals surface area contributed by atoms with Gasteiger partial charge in [-0.15, -0.1) is 0 Å². The highest BCUT2D eigenvalue weighted by Crippen LogP contribution is 2.33. The lowest BCUT2D eigenvalue weighted by Crippen LogP contribution is -2.38. The molecule has 0 spiro atoms. The molecule has 0 saturated carbocycles. The third-order valence-corrected chi connectivity index (χ3v) is 6.33. The minimum Gasteiger partial charge on any atom is -0.467 e. The zero-order valence-electron chi connectivity index (χ0n) is 18.2. The van der Waals surface area contributed by atoms with E-state index in [0.717, 1.165) is 16.8 Å². The molecule has 2 aromatic carbocycles. The minimum absolute atomic E-state index is 0.0820. The molecule has 3 aromatic rings. The van der Waals surface area contributed by atoms with Gasteiger partial charge in [0, 0.05) is 35.3 Å². The molecule has 6 nitrogen and oxygen atoms in total. The average Bonchev–Trinajstić information content (AvgIpc) is 3.47. The van der Waals surface area contributed by atoms with E-state index >= 15 is 0 Å². The van der Waals surface area contributed by atoms with Gasteiger partial charge in [-0.25, -0.2) is 5.01 Å². The second-order valence-electron chi connectivity index (χ2n) is 7.97. The summed E-state index contributed by atoms with van der Waals surface area (Å²) in [6.45, 7) is 2.12. The first-order valence-corrected chi connectivity index (χ1v) is 12.3. The maximum absolute atomic E-state index is 13.2. The maximum atomic E-state index is 13.2. The van der Waals surface area contributed by atoms with Crippen molar-refractivity contribution in [1.82, 2.24) is 10.3 Å². The Hall–Kier alpha value is -3.03. The van der Waals surface area contributed by atoms with Gasteiger partial charge in [-0.1, -0.05) is 60.2 Å². The molecule has 32 heavy (non-hydrogen) atoms. The normalized spacial score (nSPS) is 17.8. The quantitative estimate of drug-likeness (QED) is 0.565. The molecule has 1 aromatic heterocycles. The molecule has 1 amide bonds. The summed E-state index contributed by atoms with van der Waals surface area (Å²) in [7, 11) is -1.01. The summed E-state index contributed by atoms with van der Waals surface area (Å²) in [5.41, 5.74) is 4.03. The smallest absolute Gasteiger partial charge is 0.257 e. The molecular weight excluding hydrogens is 422 g/mol. The van der Waals surface area contributed by atoms with Crippen molar-refractivity contribution in [3.05, 3.63) is 95.4 Å². The Balaban J connectivity index is 1.53. The summed E-state index contributed by atoms with van der Waals surface area (Å²) in [6, 6.07) is 21.1. The highest BCUT2D eigenvalue weighted by atomic mass is 32.2. The Kier molecular flexibility index (Phi) is 6.97. The van der Waals surface area contributed by atoms with Crippen molar-refractivity contribution in [2.24, 2.45) is 5.10 Å². The first-order chi connectivity index (χ1) is 15.5. The molecule has 0 aliphatic carbocycles. The number of amides is 1. The molecular formula is C25H27N3O3S. The van der Waals surface area contributed by atoms with Crippen molar-refractivity contribution in [3.8, 4) is 0 Å².